The van der Waals surface area contributed by atoms with E-state index in [9.17, 15) is 19.2 Å². The molecule has 0 radical (unpaired) electrons. The third-order valence-corrected chi connectivity index (χ3v) is 10.5. The molecule has 54 heavy (non-hydrogen) atoms. The van der Waals surface area contributed by atoms with E-state index in [4.69, 9.17) is 0 Å². The Morgan fingerprint density at radius 2 is 1.20 bits per heavy atom. The lowest BCUT2D eigenvalue weighted by Crippen LogP contribution is -2.53. The fourth-order valence-corrected chi connectivity index (χ4v) is 7.50. The van der Waals surface area contributed by atoms with Crippen molar-refractivity contribution in [1.82, 2.24) is 30.4 Å². The molecular weight excluding hydrogens is 679 g/mol. The molecule has 3 aliphatic rings. The molecule has 11 nitrogen and oxygen atoms in total. The Bertz CT molecular complexity index is 1860. The Hall–Kier alpha value is -5.06. The molecule has 3 N–H and O–H groups in total. The number of aliphatic imine (C=N–C) groups is 1. The summed E-state index contributed by atoms with van der Waals surface area (Å²) in [7, 11) is 0. The molecular formula is C43H57N7O4. The molecule has 2 fully saturated rings. The second-order valence-corrected chi connectivity index (χ2v) is 15.6. The van der Waals surface area contributed by atoms with Crippen LogP contribution in [0.3, 0.4) is 0 Å². The van der Waals surface area contributed by atoms with E-state index >= 15 is 0 Å². The first-order chi connectivity index (χ1) is 25.7. The van der Waals surface area contributed by atoms with Gasteiger partial charge in [0.2, 0.25) is 23.6 Å². The van der Waals surface area contributed by atoms with Gasteiger partial charge in [0, 0.05) is 45.3 Å². The average molecular weight is 736 g/mol. The number of aromatic nitrogens is 2. The van der Waals surface area contributed by atoms with Crippen molar-refractivity contribution >= 4 is 34.9 Å². The molecule has 0 spiro atoms. The number of aryl methyl sites for hydroxylation is 2. The standard InChI is InChI=1S/C22H29N3O2.C21H28N4O2/c1-14(2)21(24-16(4)26)22(27)25-11-5-6-20(25)19-12-18(13-23-19)17-9-7-15(3)8-10-17;1-13(2)19(23-15(4)26)21(27)25-11-5-6-18(25)20-22-12-17(24-20)16-9-7-14(3)8-10-16/h7-10,13-14,20-21H,5-6,11-12H2,1-4H3,(H,24,26);7-10,12-13,18-19H,5-6,11H2,1-4H3,(H,22,24)(H,23,26)/t20-,21-;18-,19-/m00/s1. The number of H-pyrrole nitrogens is 1. The summed E-state index contributed by atoms with van der Waals surface area (Å²) in [5, 5.41) is 5.63. The van der Waals surface area contributed by atoms with E-state index in [1.807, 2.05) is 49.9 Å². The number of nitrogens with zero attached hydrogens (tertiary/aromatic N) is 4. The smallest absolute Gasteiger partial charge is 0.246 e. The molecule has 6 rings (SSSR count). The summed E-state index contributed by atoms with van der Waals surface area (Å²) in [5.41, 5.74) is 7.93. The quantitative estimate of drug-likeness (QED) is 0.217. The fraction of sp³-hybridized carbons (Fsp3) is 0.488. The Balaban J connectivity index is 0.000000208. The van der Waals surface area contributed by atoms with Crippen LogP contribution in [0.2, 0.25) is 0 Å². The number of aromatic amines is 1. The number of carbonyl (C=O) groups excluding carboxylic acids is 4. The minimum absolute atomic E-state index is 0.00851. The van der Waals surface area contributed by atoms with Crippen molar-refractivity contribution in [2.45, 2.75) is 112 Å². The van der Waals surface area contributed by atoms with Crippen molar-refractivity contribution in [1.29, 1.82) is 0 Å². The zero-order valence-electron chi connectivity index (χ0n) is 33.1. The van der Waals surface area contributed by atoms with Crippen LogP contribution in [0.25, 0.3) is 16.8 Å². The van der Waals surface area contributed by atoms with E-state index < -0.39 is 12.1 Å². The lowest BCUT2D eigenvalue weighted by Gasteiger charge is -2.31. The number of nitrogens with one attached hydrogen (secondary N) is 3. The Morgan fingerprint density at radius 3 is 1.70 bits per heavy atom. The second kappa shape index (κ2) is 17.8. The summed E-state index contributed by atoms with van der Waals surface area (Å²) < 4.78 is 0. The molecule has 0 aliphatic carbocycles. The number of hydrogen-bond acceptors (Lipinski definition) is 6. The Labute approximate surface area is 320 Å². The van der Waals surface area contributed by atoms with Crippen LogP contribution < -0.4 is 10.6 Å². The topological polar surface area (TPSA) is 140 Å². The molecule has 3 aliphatic heterocycles. The summed E-state index contributed by atoms with van der Waals surface area (Å²) in [5.74, 6) is 0.514. The van der Waals surface area contributed by atoms with Crippen LogP contribution in [0, 0.1) is 25.7 Å². The van der Waals surface area contributed by atoms with Crippen LogP contribution in [0.15, 0.2) is 65.9 Å². The first-order valence-electron chi connectivity index (χ1n) is 19.3. The van der Waals surface area contributed by atoms with Crippen LogP contribution in [-0.2, 0) is 19.2 Å². The number of likely N-dealkylation sites (tertiary alicyclic amines) is 2. The molecule has 4 atom stereocenters. The van der Waals surface area contributed by atoms with Crippen LogP contribution in [0.4, 0.5) is 0 Å². The van der Waals surface area contributed by atoms with Gasteiger partial charge >= 0.3 is 0 Å². The largest absolute Gasteiger partial charge is 0.344 e. The van der Waals surface area contributed by atoms with Gasteiger partial charge in [-0.05, 0) is 68.1 Å². The highest BCUT2D eigenvalue weighted by Crippen LogP contribution is 2.33. The van der Waals surface area contributed by atoms with Crippen molar-refractivity contribution < 1.29 is 19.2 Å². The number of carbonyl (C=O) groups is 4. The predicted octanol–water partition coefficient (Wildman–Crippen LogP) is 6.54. The SMILES string of the molecule is CC(=O)N[C@H](C(=O)N1CCC[C@H]1C1=NC=C(c2ccc(C)cc2)C1)C(C)C.CC(=O)N[C@H](C(=O)N1CCC[C@H]1c1ncc(-c2ccc(C)cc2)[nH]1)C(C)C. The zero-order chi connectivity index (χ0) is 39.1. The number of imidazole rings is 1. The minimum atomic E-state index is -0.505. The predicted molar refractivity (Wildman–Crippen MR) is 213 cm³/mol. The average Bonchev–Trinajstić information content (AvgIpc) is 3.96. The number of amides is 4. The highest BCUT2D eigenvalue weighted by molar-refractivity contribution is 6.03. The fourth-order valence-electron chi connectivity index (χ4n) is 7.50. The molecule has 4 amide bonds. The van der Waals surface area contributed by atoms with Crippen LogP contribution >= 0.6 is 0 Å². The van der Waals surface area contributed by atoms with E-state index in [1.165, 1.54) is 36.1 Å². The van der Waals surface area contributed by atoms with Crippen molar-refractivity contribution in [3.05, 3.63) is 83.4 Å². The van der Waals surface area contributed by atoms with Gasteiger partial charge in [0.25, 0.3) is 0 Å². The van der Waals surface area contributed by atoms with Gasteiger partial charge in [0.15, 0.2) is 0 Å². The van der Waals surface area contributed by atoms with Crippen LogP contribution in [0.5, 0.6) is 0 Å². The summed E-state index contributed by atoms with van der Waals surface area (Å²) in [4.78, 5) is 65.6. The zero-order valence-corrected chi connectivity index (χ0v) is 33.1. The maximum absolute atomic E-state index is 13.1. The third-order valence-electron chi connectivity index (χ3n) is 10.5. The van der Waals surface area contributed by atoms with Gasteiger partial charge in [-0.1, -0.05) is 87.4 Å². The van der Waals surface area contributed by atoms with Gasteiger partial charge in [0.05, 0.1) is 24.0 Å². The second-order valence-electron chi connectivity index (χ2n) is 15.6. The molecule has 11 heteroatoms. The van der Waals surface area contributed by atoms with Gasteiger partial charge in [-0.25, -0.2) is 4.98 Å². The van der Waals surface area contributed by atoms with E-state index in [0.717, 1.165) is 61.4 Å². The molecule has 4 heterocycles. The van der Waals surface area contributed by atoms with Crippen molar-refractivity contribution in [2.75, 3.05) is 13.1 Å². The Kier molecular flexibility index (Phi) is 13.3. The molecule has 288 valence electrons. The first-order valence-corrected chi connectivity index (χ1v) is 19.3. The maximum atomic E-state index is 13.1. The van der Waals surface area contributed by atoms with Gasteiger partial charge in [-0.2, -0.15) is 0 Å². The van der Waals surface area contributed by atoms with Crippen molar-refractivity contribution in [3.63, 3.8) is 0 Å². The molecule has 2 aromatic carbocycles. The van der Waals surface area contributed by atoms with Gasteiger partial charge in [-0.3, -0.25) is 24.2 Å². The monoisotopic (exact) mass is 735 g/mol. The lowest BCUT2D eigenvalue weighted by atomic mass is 9.97. The number of benzene rings is 2. The van der Waals surface area contributed by atoms with Gasteiger partial charge in [-0.15, -0.1) is 0 Å². The van der Waals surface area contributed by atoms with Crippen LogP contribution in [-0.4, -0.2) is 80.3 Å². The van der Waals surface area contributed by atoms with Crippen molar-refractivity contribution in [2.24, 2.45) is 16.8 Å². The Morgan fingerprint density at radius 1 is 0.722 bits per heavy atom. The van der Waals surface area contributed by atoms with E-state index in [0.29, 0.717) is 6.54 Å². The number of rotatable bonds is 10. The molecule has 0 saturated carbocycles. The summed E-state index contributed by atoms with van der Waals surface area (Å²) in [6.45, 7) is 16.3. The minimum Gasteiger partial charge on any atom is -0.344 e. The first kappa shape index (κ1) is 40.1. The molecule has 2 saturated heterocycles. The van der Waals surface area contributed by atoms with E-state index in [2.05, 4.69) is 88.0 Å². The highest BCUT2D eigenvalue weighted by atomic mass is 16.2. The molecule has 0 unspecified atom stereocenters. The third kappa shape index (κ3) is 9.72. The van der Waals surface area contributed by atoms with Gasteiger partial charge in [0.1, 0.15) is 17.9 Å². The number of allylic oxidation sites excluding steroid dienone is 1. The number of hydrogen-bond donors (Lipinski definition) is 3. The lowest BCUT2D eigenvalue weighted by molar-refractivity contribution is -0.138. The van der Waals surface area contributed by atoms with E-state index in [1.54, 1.807) is 0 Å². The maximum Gasteiger partial charge on any atom is 0.246 e. The summed E-state index contributed by atoms with van der Waals surface area (Å²) in [6, 6.07) is 15.7. The van der Waals surface area contributed by atoms with E-state index in [-0.39, 0.29) is 47.5 Å². The summed E-state index contributed by atoms with van der Waals surface area (Å²) >= 11 is 0. The van der Waals surface area contributed by atoms with Crippen molar-refractivity contribution in [3.8, 4) is 11.3 Å². The highest BCUT2D eigenvalue weighted by Gasteiger charge is 2.39. The molecule has 3 aromatic rings. The molecule has 0 bridgehead atoms. The van der Waals surface area contributed by atoms with Crippen LogP contribution in [0.1, 0.15) is 102 Å². The normalized spacial score (nSPS) is 19.2. The molecule has 1 aromatic heterocycles. The summed E-state index contributed by atoms with van der Waals surface area (Å²) in [6.07, 6.45) is 8.26. The van der Waals surface area contributed by atoms with Gasteiger partial charge < -0.3 is 25.4 Å².